The predicted molar refractivity (Wildman–Crippen MR) is 112 cm³/mol. The van der Waals surface area contributed by atoms with Crippen LogP contribution >= 0.6 is 0 Å². The van der Waals surface area contributed by atoms with E-state index in [1.165, 1.54) is 11.3 Å². The Kier molecular flexibility index (Phi) is 8.49. The zero-order chi connectivity index (χ0) is 20.9. The van der Waals surface area contributed by atoms with Crippen molar-refractivity contribution in [2.75, 3.05) is 6.54 Å². The first-order valence-corrected chi connectivity index (χ1v) is 9.43. The van der Waals surface area contributed by atoms with Gasteiger partial charge in [0.05, 0.1) is 6.54 Å². The Labute approximate surface area is 160 Å². The molecular formula is C22H40N2O2. The van der Waals surface area contributed by atoms with Gasteiger partial charge in [-0.2, -0.15) is 0 Å². The van der Waals surface area contributed by atoms with Crippen molar-refractivity contribution in [1.82, 2.24) is 5.48 Å². The monoisotopic (exact) mass is 364 g/mol. The smallest absolute Gasteiger partial charge is 0.148 e. The quantitative estimate of drug-likeness (QED) is 0.390. The number of hydrogen-bond acceptors (Lipinski definition) is 4. The van der Waals surface area contributed by atoms with Crippen LogP contribution in [-0.4, -0.2) is 23.7 Å². The second-order valence-corrected chi connectivity index (χ2v) is 10.3. The highest BCUT2D eigenvalue weighted by Gasteiger charge is 2.31. The predicted octanol–water partition coefficient (Wildman–Crippen LogP) is 5.58. The van der Waals surface area contributed by atoms with Crippen molar-refractivity contribution >= 4 is 12.0 Å². The van der Waals surface area contributed by atoms with Gasteiger partial charge in [0.2, 0.25) is 0 Å². The Morgan fingerprint density at radius 3 is 1.77 bits per heavy atom. The molecule has 4 heteroatoms. The average Bonchev–Trinajstić information content (AvgIpc) is 2.92. The lowest BCUT2D eigenvalue weighted by Gasteiger charge is -2.29. The number of hydrogen-bond donors (Lipinski definition) is 2. The number of nitrogens with zero attached hydrogens (tertiary/aromatic N) is 1. The number of hydroxylamine groups is 1. The topological polar surface area (TPSA) is 61.7 Å². The van der Waals surface area contributed by atoms with Crippen molar-refractivity contribution in [3.63, 3.8) is 0 Å². The molecule has 0 aromatic heterocycles. The highest BCUT2D eigenvalue weighted by Crippen LogP contribution is 2.35. The molecule has 1 aliphatic rings. The number of rotatable bonds is 3. The fourth-order valence-electron chi connectivity index (χ4n) is 2.86. The van der Waals surface area contributed by atoms with Crippen LogP contribution in [0.25, 0.3) is 0 Å². The lowest BCUT2D eigenvalue weighted by molar-refractivity contribution is -0.105. The van der Waals surface area contributed by atoms with Crippen LogP contribution < -0.4 is 5.48 Å². The maximum atomic E-state index is 10.8. The molecule has 26 heavy (non-hydrogen) atoms. The molecule has 0 aliphatic carbocycles. The maximum Gasteiger partial charge on any atom is 0.148 e. The van der Waals surface area contributed by atoms with Gasteiger partial charge >= 0.3 is 0 Å². The fourth-order valence-corrected chi connectivity index (χ4v) is 2.86. The third-order valence-corrected chi connectivity index (χ3v) is 4.23. The molecule has 1 heterocycles. The van der Waals surface area contributed by atoms with E-state index in [0.29, 0.717) is 11.3 Å². The van der Waals surface area contributed by atoms with Gasteiger partial charge in [-0.05, 0) is 22.3 Å². The first kappa shape index (κ1) is 24.6. The Morgan fingerprint density at radius 1 is 1.08 bits per heavy atom. The number of aliphatic imine (C=N–C) groups is 1. The van der Waals surface area contributed by atoms with E-state index in [0.717, 1.165) is 12.8 Å². The van der Waals surface area contributed by atoms with Crippen LogP contribution in [0, 0.1) is 22.2 Å². The lowest BCUT2D eigenvalue weighted by atomic mass is 9.76. The Bertz CT molecular complexity index is 547. The molecule has 0 fully saturated rings. The molecule has 0 amide bonds. The van der Waals surface area contributed by atoms with Crippen molar-refractivity contribution in [2.45, 2.75) is 76.2 Å². The number of aldehydes is 1. The van der Waals surface area contributed by atoms with Crippen LogP contribution in [0.5, 0.6) is 0 Å². The Hall–Kier alpha value is -1.42. The van der Waals surface area contributed by atoms with E-state index in [2.05, 4.69) is 58.1 Å². The average molecular weight is 365 g/mol. The molecule has 0 aromatic carbocycles. The number of carbonyl (C=O) groups is 1. The second-order valence-electron chi connectivity index (χ2n) is 10.3. The molecule has 1 rings (SSSR count). The molecular weight excluding hydrogens is 324 g/mol. The van der Waals surface area contributed by atoms with Gasteiger partial charge in [-0.15, -0.1) is 0 Å². The summed E-state index contributed by atoms with van der Waals surface area (Å²) in [5.74, 6) is 0.115. The molecule has 0 aromatic rings. The number of allylic oxidation sites excluding steroid dienone is 3. The van der Waals surface area contributed by atoms with Gasteiger partial charge in [0.1, 0.15) is 6.29 Å². The number of nitrogens with one attached hydrogen (secondary N) is 1. The minimum absolute atomic E-state index is 0.115. The molecule has 1 aliphatic heterocycles. The van der Waals surface area contributed by atoms with Crippen molar-refractivity contribution in [3.8, 4) is 0 Å². The van der Waals surface area contributed by atoms with E-state index < -0.39 is 0 Å². The van der Waals surface area contributed by atoms with Crippen LogP contribution in [-0.2, 0) is 4.79 Å². The summed E-state index contributed by atoms with van der Waals surface area (Å²) in [6.07, 6.45) is 3.07. The molecule has 0 bridgehead atoms. The highest BCUT2D eigenvalue weighted by atomic mass is 16.5. The van der Waals surface area contributed by atoms with E-state index in [-0.39, 0.29) is 22.2 Å². The van der Waals surface area contributed by atoms with Crippen LogP contribution in [0.15, 0.2) is 27.9 Å². The number of carbonyl (C=O) groups excluding carboxylic acids is 1. The van der Waals surface area contributed by atoms with Crippen LogP contribution in [0.1, 0.15) is 76.2 Å². The zero-order valence-corrected chi connectivity index (χ0v) is 18.7. The van der Waals surface area contributed by atoms with Gasteiger partial charge in [0.25, 0.3) is 0 Å². The van der Waals surface area contributed by atoms with Crippen molar-refractivity contribution < 1.29 is 10.0 Å². The van der Waals surface area contributed by atoms with Crippen molar-refractivity contribution in [3.05, 3.63) is 22.9 Å². The van der Waals surface area contributed by atoms with Crippen molar-refractivity contribution in [2.24, 2.45) is 27.2 Å². The maximum absolute atomic E-state index is 10.8. The van der Waals surface area contributed by atoms with E-state index >= 15 is 0 Å². The fraction of sp³-hybridized carbons (Fsp3) is 0.727. The summed E-state index contributed by atoms with van der Waals surface area (Å²) in [5.41, 5.74) is 6.23. The molecule has 2 N–H and O–H groups in total. The van der Waals surface area contributed by atoms with E-state index in [9.17, 15) is 4.79 Å². The summed E-state index contributed by atoms with van der Waals surface area (Å²) in [4.78, 5) is 15.4. The van der Waals surface area contributed by atoms with Crippen molar-refractivity contribution in [1.29, 1.82) is 0 Å². The summed E-state index contributed by atoms with van der Waals surface area (Å²) in [5, 5.41) is 8.89. The third-order valence-electron chi connectivity index (χ3n) is 4.23. The van der Waals surface area contributed by atoms with E-state index in [1.807, 2.05) is 34.6 Å². The summed E-state index contributed by atoms with van der Waals surface area (Å²) < 4.78 is 0. The third kappa shape index (κ3) is 7.06. The summed E-state index contributed by atoms with van der Waals surface area (Å²) in [6.45, 7) is 24.0. The lowest BCUT2D eigenvalue weighted by Crippen LogP contribution is -2.27. The zero-order valence-electron chi connectivity index (χ0n) is 18.7. The van der Waals surface area contributed by atoms with Gasteiger partial charge < -0.3 is 0 Å². The van der Waals surface area contributed by atoms with Gasteiger partial charge in [-0.25, -0.2) is 0 Å². The summed E-state index contributed by atoms with van der Waals surface area (Å²) in [6, 6.07) is 0. The minimum Gasteiger partial charge on any atom is -0.298 e. The van der Waals surface area contributed by atoms with Gasteiger partial charge in [0.15, 0.2) is 0 Å². The normalized spacial score (nSPS) is 16.3. The molecule has 0 saturated heterocycles. The summed E-state index contributed by atoms with van der Waals surface area (Å²) in [7, 11) is 0. The van der Waals surface area contributed by atoms with Gasteiger partial charge in [0, 0.05) is 22.4 Å². The molecule has 0 saturated carbocycles. The highest BCUT2D eigenvalue weighted by molar-refractivity contribution is 6.06. The van der Waals surface area contributed by atoms with Crippen LogP contribution in [0.3, 0.4) is 0 Å². The van der Waals surface area contributed by atoms with Crippen LogP contribution in [0.2, 0.25) is 0 Å². The molecule has 0 atom stereocenters. The van der Waals surface area contributed by atoms with Gasteiger partial charge in [-0.3, -0.25) is 20.5 Å². The molecule has 150 valence electrons. The Morgan fingerprint density at radius 2 is 1.58 bits per heavy atom. The van der Waals surface area contributed by atoms with Crippen LogP contribution in [0.4, 0.5) is 0 Å². The molecule has 0 radical (unpaired) electrons. The molecule has 0 spiro atoms. The Balaban J connectivity index is 0.000000481. The first-order chi connectivity index (χ1) is 11.6. The largest absolute Gasteiger partial charge is 0.298 e. The van der Waals surface area contributed by atoms with E-state index in [4.69, 9.17) is 5.21 Å². The van der Waals surface area contributed by atoms with Gasteiger partial charge in [-0.1, -0.05) is 82.2 Å². The minimum atomic E-state index is -0.239. The molecule has 0 unspecified atom stereocenters. The standard InChI is InChI=1S/C12H21N.C10H19NO2/c1-11(2,3)9-7-8-13-10(9)12(4,5)6;1-7(2)9(11-13)8(6-12)10(3,4)5/h7H,8H2,1-6H3;6-7,11,13H,1-5H3. The first-order valence-electron chi connectivity index (χ1n) is 9.43. The SMILES string of the molecule is CC(C)(C)C1=CCN=C1C(C)(C)C.CC(C)C(NO)=C(C=O)C(C)(C)C. The van der Waals surface area contributed by atoms with E-state index in [1.54, 1.807) is 0 Å². The second kappa shape index (κ2) is 8.98. The summed E-state index contributed by atoms with van der Waals surface area (Å²) >= 11 is 0. The molecule has 4 nitrogen and oxygen atoms in total.